The summed E-state index contributed by atoms with van der Waals surface area (Å²) < 4.78 is 5.16. The molecule has 1 fully saturated rings. The first kappa shape index (κ1) is 14.7. The molecule has 0 aromatic heterocycles. The van der Waals surface area contributed by atoms with Gasteiger partial charge in [-0.05, 0) is 26.7 Å². The van der Waals surface area contributed by atoms with Crippen molar-refractivity contribution in [2.24, 2.45) is 0 Å². The van der Waals surface area contributed by atoms with Gasteiger partial charge in [0.25, 0.3) is 0 Å². The van der Waals surface area contributed by atoms with E-state index >= 15 is 0 Å². The second-order valence-electron chi connectivity index (χ2n) is 3.62. The fourth-order valence-corrected chi connectivity index (χ4v) is 1.22. The SMILES string of the molecule is CCOC(C)C(=O)NCCNC1CC1.Cl. The Morgan fingerprint density at radius 3 is 2.67 bits per heavy atom. The van der Waals surface area contributed by atoms with Crippen LogP contribution in [0.1, 0.15) is 26.7 Å². The third-order valence-corrected chi connectivity index (χ3v) is 2.22. The summed E-state index contributed by atoms with van der Waals surface area (Å²) in [7, 11) is 0. The molecule has 4 nitrogen and oxygen atoms in total. The highest BCUT2D eigenvalue weighted by Crippen LogP contribution is 2.17. The van der Waals surface area contributed by atoms with Crippen molar-refractivity contribution >= 4 is 18.3 Å². The minimum Gasteiger partial charge on any atom is -0.369 e. The van der Waals surface area contributed by atoms with Gasteiger partial charge in [0.05, 0.1) is 0 Å². The van der Waals surface area contributed by atoms with Crippen LogP contribution >= 0.6 is 12.4 Å². The third kappa shape index (κ3) is 6.71. The number of carbonyl (C=O) groups is 1. The molecule has 1 aliphatic carbocycles. The lowest BCUT2D eigenvalue weighted by molar-refractivity contribution is -0.131. The molecule has 1 aliphatic rings. The van der Waals surface area contributed by atoms with Crippen LogP contribution < -0.4 is 10.6 Å². The van der Waals surface area contributed by atoms with Crippen molar-refractivity contribution in [3.05, 3.63) is 0 Å². The molecule has 0 saturated heterocycles. The molecular formula is C10H21ClN2O2. The molecule has 15 heavy (non-hydrogen) atoms. The van der Waals surface area contributed by atoms with E-state index in [2.05, 4.69) is 10.6 Å². The lowest BCUT2D eigenvalue weighted by atomic mass is 10.3. The van der Waals surface area contributed by atoms with Gasteiger partial charge in [-0.15, -0.1) is 12.4 Å². The summed E-state index contributed by atoms with van der Waals surface area (Å²) in [6.07, 6.45) is 2.23. The summed E-state index contributed by atoms with van der Waals surface area (Å²) >= 11 is 0. The van der Waals surface area contributed by atoms with Gasteiger partial charge < -0.3 is 15.4 Å². The molecule has 0 bridgehead atoms. The van der Waals surface area contributed by atoms with Crippen LogP contribution in [-0.4, -0.2) is 37.7 Å². The first-order valence-corrected chi connectivity index (χ1v) is 5.36. The highest BCUT2D eigenvalue weighted by atomic mass is 35.5. The number of ether oxygens (including phenoxy) is 1. The second-order valence-corrected chi connectivity index (χ2v) is 3.62. The standard InChI is InChI=1S/C10H20N2O2.ClH/c1-3-14-8(2)10(13)12-7-6-11-9-4-5-9;/h8-9,11H,3-7H2,1-2H3,(H,12,13);1H. The molecule has 2 N–H and O–H groups in total. The zero-order valence-electron chi connectivity index (χ0n) is 9.41. The fourth-order valence-electron chi connectivity index (χ4n) is 1.22. The van der Waals surface area contributed by atoms with E-state index in [1.165, 1.54) is 12.8 Å². The maximum absolute atomic E-state index is 11.3. The topological polar surface area (TPSA) is 50.4 Å². The Bertz CT molecular complexity index is 186. The molecule has 1 amide bonds. The number of carbonyl (C=O) groups excluding carboxylic acids is 1. The highest BCUT2D eigenvalue weighted by Gasteiger charge is 2.19. The van der Waals surface area contributed by atoms with Gasteiger partial charge >= 0.3 is 0 Å². The first-order valence-electron chi connectivity index (χ1n) is 5.36. The maximum atomic E-state index is 11.3. The maximum Gasteiger partial charge on any atom is 0.248 e. The number of hydrogen-bond donors (Lipinski definition) is 2. The van der Waals surface area contributed by atoms with Crippen LogP contribution in [0.2, 0.25) is 0 Å². The zero-order chi connectivity index (χ0) is 10.4. The largest absolute Gasteiger partial charge is 0.369 e. The molecule has 0 heterocycles. The minimum absolute atomic E-state index is 0. The van der Waals surface area contributed by atoms with Crippen LogP contribution in [0, 0.1) is 0 Å². The summed E-state index contributed by atoms with van der Waals surface area (Å²) in [6, 6.07) is 0.705. The molecule has 5 heteroatoms. The molecule has 0 aromatic carbocycles. The van der Waals surface area contributed by atoms with E-state index in [4.69, 9.17) is 4.74 Å². The number of halogens is 1. The van der Waals surface area contributed by atoms with E-state index < -0.39 is 0 Å². The number of amides is 1. The molecule has 0 spiro atoms. The molecule has 1 atom stereocenters. The van der Waals surface area contributed by atoms with Gasteiger partial charge in [-0.3, -0.25) is 4.79 Å². The normalized spacial score (nSPS) is 16.7. The van der Waals surface area contributed by atoms with Crippen molar-refractivity contribution in [3.63, 3.8) is 0 Å². The van der Waals surface area contributed by atoms with Crippen molar-refractivity contribution < 1.29 is 9.53 Å². The van der Waals surface area contributed by atoms with E-state index in [-0.39, 0.29) is 24.4 Å². The predicted octanol–water partition coefficient (Wildman–Crippen LogP) is 0.701. The summed E-state index contributed by atoms with van der Waals surface area (Å²) in [5.74, 6) is -0.0237. The fraction of sp³-hybridized carbons (Fsp3) is 0.900. The molecule has 0 radical (unpaired) electrons. The van der Waals surface area contributed by atoms with Crippen LogP contribution in [0.25, 0.3) is 0 Å². The van der Waals surface area contributed by atoms with Gasteiger partial charge in [-0.25, -0.2) is 0 Å². The Morgan fingerprint density at radius 2 is 2.13 bits per heavy atom. The second kappa shape index (κ2) is 7.91. The van der Waals surface area contributed by atoms with Crippen LogP contribution in [0.4, 0.5) is 0 Å². The smallest absolute Gasteiger partial charge is 0.248 e. The van der Waals surface area contributed by atoms with Crippen LogP contribution in [-0.2, 0) is 9.53 Å². The molecule has 1 unspecified atom stereocenters. The molecule has 90 valence electrons. The van der Waals surface area contributed by atoms with Crippen molar-refractivity contribution in [2.75, 3.05) is 19.7 Å². The number of hydrogen-bond acceptors (Lipinski definition) is 3. The summed E-state index contributed by atoms with van der Waals surface area (Å²) in [5, 5.41) is 6.15. The van der Waals surface area contributed by atoms with Crippen molar-refractivity contribution in [1.29, 1.82) is 0 Å². The molecule has 0 aromatic rings. The Hall–Kier alpha value is -0.320. The van der Waals surface area contributed by atoms with Gasteiger partial charge in [0, 0.05) is 25.7 Å². The average Bonchev–Trinajstić information content (AvgIpc) is 2.96. The molecule has 1 rings (SSSR count). The van der Waals surface area contributed by atoms with E-state index in [9.17, 15) is 4.79 Å². The van der Waals surface area contributed by atoms with E-state index in [1.54, 1.807) is 6.92 Å². The van der Waals surface area contributed by atoms with E-state index in [1.807, 2.05) is 6.92 Å². The van der Waals surface area contributed by atoms with Crippen molar-refractivity contribution in [3.8, 4) is 0 Å². The first-order chi connectivity index (χ1) is 6.74. The summed E-state index contributed by atoms with van der Waals surface area (Å²) in [6.45, 7) is 5.78. The Kier molecular flexibility index (Phi) is 7.74. The van der Waals surface area contributed by atoms with Gasteiger partial charge in [0.1, 0.15) is 6.10 Å². The van der Waals surface area contributed by atoms with Crippen LogP contribution in [0.3, 0.4) is 0 Å². The zero-order valence-corrected chi connectivity index (χ0v) is 10.2. The minimum atomic E-state index is -0.332. The quantitative estimate of drug-likeness (QED) is 0.640. The Labute approximate surface area is 97.5 Å². The number of nitrogens with one attached hydrogen (secondary N) is 2. The average molecular weight is 237 g/mol. The lowest BCUT2D eigenvalue weighted by Crippen LogP contribution is -2.38. The van der Waals surface area contributed by atoms with E-state index in [0.29, 0.717) is 19.2 Å². The van der Waals surface area contributed by atoms with Gasteiger partial charge in [0.2, 0.25) is 5.91 Å². The van der Waals surface area contributed by atoms with Gasteiger partial charge in [0.15, 0.2) is 0 Å². The monoisotopic (exact) mass is 236 g/mol. The molecule has 1 saturated carbocycles. The highest BCUT2D eigenvalue weighted by molar-refractivity contribution is 5.85. The lowest BCUT2D eigenvalue weighted by Gasteiger charge is -2.11. The van der Waals surface area contributed by atoms with Crippen molar-refractivity contribution in [2.45, 2.75) is 38.8 Å². The number of rotatable bonds is 7. The van der Waals surface area contributed by atoms with Gasteiger partial charge in [-0.2, -0.15) is 0 Å². The summed E-state index contributed by atoms with van der Waals surface area (Å²) in [5.41, 5.74) is 0. The van der Waals surface area contributed by atoms with E-state index in [0.717, 1.165) is 6.54 Å². The molecule has 0 aliphatic heterocycles. The predicted molar refractivity (Wildman–Crippen MR) is 62.4 cm³/mol. The summed E-state index contributed by atoms with van der Waals surface area (Å²) in [4.78, 5) is 11.3. The third-order valence-electron chi connectivity index (χ3n) is 2.22. The van der Waals surface area contributed by atoms with Crippen LogP contribution in [0.15, 0.2) is 0 Å². The van der Waals surface area contributed by atoms with Crippen molar-refractivity contribution in [1.82, 2.24) is 10.6 Å². The van der Waals surface area contributed by atoms with Gasteiger partial charge in [-0.1, -0.05) is 0 Å². The van der Waals surface area contributed by atoms with Crippen LogP contribution in [0.5, 0.6) is 0 Å². The Balaban J connectivity index is 0.00000196. The Morgan fingerprint density at radius 1 is 1.47 bits per heavy atom. The molecular weight excluding hydrogens is 216 g/mol.